The second kappa shape index (κ2) is 4.92. The minimum Gasteiger partial charge on any atom is -0.390 e. The number of rotatable bonds is 3. The molecule has 1 aliphatic rings. The monoisotopic (exact) mass is 237 g/mol. The number of hydrogen-bond donors (Lipinski definition) is 2. The number of hydrogen-bond acceptors (Lipinski definition) is 4. The van der Waals surface area contributed by atoms with Gasteiger partial charge in [0.25, 0.3) is 5.91 Å². The van der Waals surface area contributed by atoms with E-state index in [1.165, 1.54) is 24.3 Å². The van der Waals surface area contributed by atoms with Gasteiger partial charge in [-0.25, -0.2) is 4.39 Å². The molecule has 1 aromatic rings. The fraction of sp³-hybridized carbons (Fsp3) is 0.273. The van der Waals surface area contributed by atoms with Gasteiger partial charge < -0.3 is 15.9 Å². The zero-order chi connectivity index (χ0) is 12.3. The molecule has 0 fully saturated rings. The Morgan fingerprint density at radius 3 is 2.82 bits per heavy atom. The number of carbonyl (C=O) groups is 1. The van der Waals surface area contributed by atoms with Crippen molar-refractivity contribution in [3.8, 4) is 0 Å². The summed E-state index contributed by atoms with van der Waals surface area (Å²) in [6, 6.07) is 5.49. The molecule has 0 unspecified atom stereocenters. The second-order valence-electron chi connectivity index (χ2n) is 3.67. The zero-order valence-corrected chi connectivity index (χ0v) is 9.02. The SMILES string of the molecule is NC[C@H]1CC(C(=O)Nc2ccc(F)cc2)=NO1. The van der Waals surface area contributed by atoms with E-state index in [0.29, 0.717) is 24.4 Å². The maximum Gasteiger partial charge on any atom is 0.273 e. The number of oxime groups is 1. The van der Waals surface area contributed by atoms with Gasteiger partial charge in [0.2, 0.25) is 0 Å². The molecule has 0 spiro atoms. The summed E-state index contributed by atoms with van der Waals surface area (Å²) in [4.78, 5) is 16.6. The van der Waals surface area contributed by atoms with Gasteiger partial charge in [0.15, 0.2) is 0 Å². The minimum absolute atomic E-state index is 0.232. The number of halogens is 1. The van der Waals surface area contributed by atoms with Crippen LogP contribution in [-0.4, -0.2) is 24.3 Å². The van der Waals surface area contributed by atoms with E-state index in [1.807, 2.05) is 0 Å². The van der Waals surface area contributed by atoms with Crippen molar-refractivity contribution >= 4 is 17.3 Å². The molecule has 1 amide bonds. The lowest BCUT2D eigenvalue weighted by molar-refractivity contribution is -0.110. The van der Waals surface area contributed by atoms with E-state index in [2.05, 4.69) is 10.5 Å². The molecule has 0 aromatic heterocycles. The molecule has 3 N–H and O–H groups in total. The average Bonchev–Trinajstić information content (AvgIpc) is 2.81. The highest BCUT2D eigenvalue weighted by atomic mass is 19.1. The molecule has 0 radical (unpaired) electrons. The van der Waals surface area contributed by atoms with E-state index >= 15 is 0 Å². The average molecular weight is 237 g/mol. The Hall–Kier alpha value is -1.95. The number of nitrogens with two attached hydrogens (primary N) is 1. The highest BCUT2D eigenvalue weighted by Crippen LogP contribution is 2.12. The van der Waals surface area contributed by atoms with Crippen molar-refractivity contribution in [3.63, 3.8) is 0 Å². The fourth-order valence-electron chi connectivity index (χ4n) is 1.43. The van der Waals surface area contributed by atoms with Gasteiger partial charge in [-0.15, -0.1) is 0 Å². The Balaban J connectivity index is 1.96. The van der Waals surface area contributed by atoms with Crippen LogP contribution in [0.25, 0.3) is 0 Å². The first kappa shape index (κ1) is 11.5. The Morgan fingerprint density at radius 2 is 2.24 bits per heavy atom. The van der Waals surface area contributed by atoms with Gasteiger partial charge in [-0.2, -0.15) is 0 Å². The lowest BCUT2D eigenvalue weighted by atomic mass is 10.1. The molecule has 0 saturated heterocycles. The van der Waals surface area contributed by atoms with Crippen molar-refractivity contribution in [2.45, 2.75) is 12.5 Å². The Morgan fingerprint density at radius 1 is 1.53 bits per heavy atom. The standard InChI is InChI=1S/C11H12FN3O2/c12-7-1-3-8(4-2-7)14-11(16)10-5-9(6-13)17-15-10/h1-4,9H,5-6,13H2,(H,14,16)/t9-/m1/s1. The molecule has 90 valence electrons. The number of nitrogens with zero attached hydrogens (tertiary/aromatic N) is 1. The molecule has 2 rings (SSSR count). The van der Waals surface area contributed by atoms with Crippen LogP contribution in [0.4, 0.5) is 10.1 Å². The van der Waals surface area contributed by atoms with Crippen LogP contribution in [0.5, 0.6) is 0 Å². The summed E-state index contributed by atoms with van der Waals surface area (Å²) in [5, 5.41) is 6.25. The van der Waals surface area contributed by atoms with E-state index in [9.17, 15) is 9.18 Å². The van der Waals surface area contributed by atoms with Crippen molar-refractivity contribution < 1.29 is 14.0 Å². The van der Waals surface area contributed by atoms with Crippen LogP contribution < -0.4 is 11.1 Å². The highest BCUT2D eigenvalue weighted by Gasteiger charge is 2.24. The zero-order valence-electron chi connectivity index (χ0n) is 9.02. The molecule has 1 aliphatic heterocycles. The highest BCUT2D eigenvalue weighted by molar-refractivity contribution is 6.43. The maximum absolute atomic E-state index is 12.7. The molecule has 0 aliphatic carbocycles. The predicted octanol–water partition coefficient (Wildman–Crippen LogP) is 0.868. The van der Waals surface area contributed by atoms with E-state index in [4.69, 9.17) is 10.6 Å². The van der Waals surface area contributed by atoms with Gasteiger partial charge in [0.1, 0.15) is 17.6 Å². The molecule has 0 saturated carbocycles. The third-order valence-electron chi connectivity index (χ3n) is 2.36. The van der Waals surface area contributed by atoms with Crippen molar-refractivity contribution in [2.75, 3.05) is 11.9 Å². The summed E-state index contributed by atoms with van der Waals surface area (Å²) < 4.78 is 12.7. The molecular formula is C11H12FN3O2. The molecule has 1 atom stereocenters. The van der Waals surface area contributed by atoms with Gasteiger partial charge in [-0.1, -0.05) is 5.16 Å². The maximum atomic E-state index is 12.7. The van der Waals surface area contributed by atoms with Crippen molar-refractivity contribution in [2.24, 2.45) is 10.9 Å². The normalized spacial score (nSPS) is 18.5. The number of benzene rings is 1. The van der Waals surface area contributed by atoms with Crippen LogP contribution in [0, 0.1) is 5.82 Å². The van der Waals surface area contributed by atoms with Crippen molar-refractivity contribution in [1.29, 1.82) is 0 Å². The topological polar surface area (TPSA) is 76.7 Å². The van der Waals surface area contributed by atoms with Crippen molar-refractivity contribution in [3.05, 3.63) is 30.1 Å². The third-order valence-corrected chi connectivity index (χ3v) is 2.36. The first-order chi connectivity index (χ1) is 8.19. The van der Waals surface area contributed by atoms with Gasteiger partial charge in [-0.3, -0.25) is 4.79 Å². The molecular weight excluding hydrogens is 225 g/mol. The van der Waals surface area contributed by atoms with Gasteiger partial charge in [0.05, 0.1) is 0 Å². The molecule has 5 nitrogen and oxygen atoms in total. The summed E-state index contributed by atoms with van der Waals surface area (Å²) in [7, 11) is 0. The Kier molecular flexibility index (Phi) is 3.34. The van der Waals surface area contributed by atoms with E-state index in [1.54, 1.807) is 0 Å². The molecule has 1 aromatic carbocycles. The molecule has 0 bridgehead atoms. The first-order valence-corrected chi connectivity index (χ1v) is 5.18. The summed E-state index contributed by atoms with van der Waals surface area (Å²) in [6.07, 6.45) is 0.160. The lowest BCUT2D eigenvalue weighted by Gasteiger charge is -2.04. The van der Waals surface area contributed by atoms with E-state index in [-0.39, 0.29) is 17.8 Å². The number of amides is 1. The minimum atomic E-state index is -0.354. The predicted molar refractivity (Wildman–Crippen MR) is 61.0 cm³/mol. The summed E-state index contributed by atoms with van der Waals surface area (Å²) in [5.41, 5.74) is 6.20. The van der Waals surface area contributed by atoms with Gasteiger partial charge in [0, 0.05) is 18.7 Å². The fourth-order valence-corrected chi connectivity index (χ4v) is 1.43. The van der Waals surface area contributed by atoms with Crippen molar-refractivity contribution in [1.82, 2.24) is 0 Å². The number of anilines is 1. The quantitative estimate of drug-likeness (QED) is 0.818. The largest absolute Gasteiger partial charge is 0.390 e. The van der Waals surface area contributed by atoms with Gasteiger partial charge >= 0.3 is 0 Å². The second-order valence-corrected chi connectivity index (χ2v) is 3.67. The Bertz CT molecular complexity index is 445. The van der Waals surface area contributed by atoms with Crippen LogP contribution in [0.1, 0.15) is 6.42 Å². The number of nitrogens with one attached hydrogen (secondary N) is 1. The van der Waals surface area contributed by atoms with Crippen LogP contribution in [0.15, 0.2) is 29.4 Å². The molecule has 1 heterocycles. The molecule has 6 heteroatoms. The lowest BCUT2D eigenvalue weighted by Crippen LogP contribution is -2.25. The third kappa shape index (κ3) is 2.79. The van der Waals surface area contributed by atoms with E-state index in [0.717, 1.165) is 0 Å². The number of carbonyl (C=O) groups excluding carboxylic acids is 1. The molecule has 17 heavy (non-hydrogen) atoms. The summed E-state index contributed by atoms with van der Waals surface area (Å²) in [6.45, 7) is 0.316. The van der Waals surface area contributed by atoms with E-state index < -0.39 is 0 Å². The summed E-state index contributed by atoms with van der Waals surface area (Å²) >= 11 is 0. The van der Waals surface area contributed by atoms with Crippen LogP contribution in [-0.2, 0) is 9.63 Å². The first-order valence-electron chi connectivity index (χ1n) is 5.18. The van der Waals surface area contributed by atoms with Crippen LogP contribution in [0.2, 0.25) is 0 Å². The van der Waals surface area contributed by atoms with Crippen LogP contribution >= 0.6 is 0 Å². The van der Waals surface area contributed by atoms with Crippen LogP contribution in [0.3, 0.4) is 0 Å². The summed E-state index contributed by atoms with van der Waals surface area (Å²) in [5.74, 6) is -0.708. The Labute approximate surface area is 97.4 Å². The smallest absolute Gasteiger partial charge is 0.273 e. The van der Waals surface area contributed by atoms with Gasteiger partial charge in [-0.05, 0) is 24.3 Å².